The minimum Gasteiger partial charge on any atom is -0.493 e. The molecule has 172 valence electrons. The number of carbonyl (C=O) groups is 1. The Bertz CT molecular complexity index is 712. The van der Waals surface area contributed by atoms with Crippen LogP contribution in [-0.4, -0.2) is 56.1 Å². The molecule has 31 heavy (non-hydrogen) atoms. The average molecular weight is 430 g/mol. The molecule has 7 nitrogen and oxygen atoms in total. The van der Waals surface area contributed by atoms with Crippen molar-refractivity contribution in [2.75, 3.05) is 39.3 Å². The monoisotopic (exact) mass is 429 g/mol. The Balaban J connectivity index is 1.37. The third kappa shape index (κ3) is 8.40. The lowest BCUT2D eigenvalue weighted by molar-refractivity contribution is -0.123. The van der Waals surface area contributed by atoms with Crippen LogP contribution in [0.2, 0.25) is 0 Å². The van der Waals surface area contributed by atoms with Gasteiger partial charge in [0.15, 0.2) is 5.96 Å². The standard InChI is InChI=1S/C24H39N5O2/c1-2-26-24(27-13-5-6-14-29-15-11-20(12-16-29)23(25)30)28-17-21-7-3-4-8-22(21)31-18-19-9-10-19/h3-4,7-8,19-20H,2,5-6,9-18H2,1H3,(H2,25,30)(H2,26,27,28). The first-order valence-electron chi connectivity index (χ1n) is 11.9. The van der Waals surface area contributed by atoms with Gasteiger partial charge in [0.05, 0.1) is 13.2 Å². The maximum Gasteiger partial charge on any atom is 0.220 e. The summed E-state index contributed by atoms with van der Waals surface area (Å²) < 4.78 is 6.00. The number of rotatable bonds is 12. The van der Waals surface area contributed by atoms with E-state index in [2.05, 4.69) is 28.5 Å². The SMILES string of the molecule is CCNC(=NCc1ccccc1OCC1CC1)NCCCCN1CCC(C(N)=O)CC1. The van der Waals surface area contributed by atoms with Crippen LogP contribution < -0.4 is 21.1 Å². The van der Waals surface area contributed by atoms with Gasteiger partial charge >= 0.3 is 0 Å². The van der Waals surface area contributed by atoms with Gasteiger partial charge in [-0.25, -0.2) is 4.99 Å². The van der Waals surface area contributed by atoms with Gasteiger partial charge in [-0.2, -0.15) is 0 Å². The molecule has 1 aromatic carbocycles. The maximum absolute atomic E-state index is 11.3. The lowest BCUT2D eigenvalue weighted by Crippen LogP contribution is -2.39. The van der Waals surface area contributed by atoms with Crippen LogP contribution >= 0.6 is 0 Å². The normalized spacial score (nSPS) is 18.0. The van der Waals surface area contributed by atoms with E-state index in [1.807, 2.05) is 18.2 Å². The van der Waals surface area contributed by atoms with Crippen molar-refractivity contribution in [2.24, 2.45) is 22.6 Å². The Morgan fingerprint density at radius 1 is 1.16 bits per heavy atom. The van der Waals surface area contributed by atoms with Gasteiger partial charge in [0.1, 0.15) is 5.75 Å². The fourth-order valence-corrected chi connectivity index (χ4v) is 3.88. The largest absolute Gasteiger partial charge is 0.493 e. The third-order valence-electron chi connectivity index (χ3n) is 6.08. The highest BCUT2D eigenvalue weighted by Gasteiger charge is 2.23. The molecular formula is C24H39N5O2. The number of primary amides is 1. The third-order valence-corrected chi connectivity index (χ3v) is 6.08. The number of hydrogen-bond acceptors (Lipinski definition) is 4. The molecule has 0 atom stereocenters. The second-order valence-electron chi connectivity index (χ2n) is 8.71. The second kappa shape index (κ2) is 12.5. The topological polar surface area (TPSA) is 92.0 Å². The van der Waals surface area contributed by atoms with E-state index in [1.54, 1.807) is 0 Å². The zero-order valence-corrected chi connectivity index (χ0v) is 18.9. The summed E-state index contributed by atoms with van der Waals surface area (Å²) in [6, 6.07) is 8.20. The Morgan fingerprint density at radius 3 is 2.65 bits per heavy atom. The fourth-order valence-electron chi connectivity index (χ4n) is 3.88. The average Bonchev–Trinajstić information content (AvgIpc) is 3.61. The molecule has 1 heterocycles. The number of benzene rings is 1. The smallest absolute Gasteiger partial charge is 0.220 e. The Morgan fingerprint density at radius 2 is 1.94 bits per heavy atom. The highest BCUT2D eigenvalue weighted by molar-refractivity contribution is 5.79. The van der Waals surface area contributed by atoms with Crippen molar-refractivity contribution in [1.82, 2.24) is 15.5 Å². The van der Waals surface area contributed by atoms with Crippen molar-refractivity contribution < 1.29 is 9.53 Å². The Hall–Kier alpha value is -2.28. The van der Waals surface area contributed by atoms with Crippen LogP contribution in [-0.2, 0) is 11.3 Å². The Labute approximate surface area is 186 Å². The number of nitrogens with two attached hydrogens (primary N) is 1. The lowest BCUT2D eigenvalue weighted by atomic mass is 9.96. The molecule has 0 unspecified atom stereocenters. The minimum atomic E-state index is -0.142. The molecule has 1 aliphatic carbocycles. The molecule has 3 rings (SSSR count). The summed E-state index contributed by atoms with van der Waals surface area (Å²) in [5.74, 6) is 2.47. The van der Waals surface area contributed by atoms with Gasteiger partial charge in [-0.05, 0) is 77.1 Å². The number of amides is 1. The highest BCUT2D eigenvalue weighted by atomic mass is 16.5. The maximum atomic E-state index is 11.3. The van der Waals surface area contributed by atoms with Crippen molar-refractivity contribution >= 4 is 11.9 Å². The van der Waals surface area contributed by atoms with E-state index in [4.69, 9.17) is 15.5 Å². The molecule has 7 heteroatoms. The van der Waals surface area contributed by atoms with Crippen molar-refractivity contribution in [3.8, 4) is 5.75 Å². The number of aliphatic imine (C=N–C) groups is 1. The first kappa shape index (κ1) is 23.4. The number of ether oxygens (including phenoxy) is 1. The van der Waals surface area contributed by atoms with E-state index in [9.17, 15) is 4.79 Å². The van der Waals surface area contributed by atoms with Crippen LogP contribution in [0, 0.1) is 11.8 Å². The van der Waals surface area contributed by atoms with Gasteiger partial charge < -0.3 is 26.0 Å². The molecule has 1 saturated carbocycles. The van der Waals surface area contributed by atoms with Crippen LogP contribution in [0.15, 0.2) is 29.3 Å². The van der Waals surface area contributed by atoms with E-state index >= 15 is 0 Å². The summed E-state index contributed by atoms with van der Waals surface area (Å²) in [5.41, 5.74) is 6.54. The van der Waals surface area contributed by atoms with Crippen molar-refractivity contribution in [3.63, 3.8) is 0 Å². The molecule has 0 spiro atoms. The van der Waals surface area contributed by atoms with Gasteiger partial charge in [-0.3, -0.25) is 4.79 Å². The van der Waals surface area contributed by atoms with Crippen LogP contribution in [0.3, 0.4) is 0 Å². The van der Waals surface area contributed by atoms with E-state index < -0.39 is 0 Å². The number of piperidine rings is 1. The first-order chi connectivity index (χ1) is 15.2. The number of unbranched alkanes of at least 4 members (excludes halogenated alkanes) is 1. The quantitative estimate of drug-likeness (QED) is 0.270. The zero-order valence-electron chi connectivity index (χ0n) is 18.9. The van der Waals surface area contributed by atoms with Crippen LogP contribution in [0.5, 0.6) is 5.75 Å². The number of likely N-dealkylation sites (tertiary alicyclic amines) is 1. The molecule has 0 bridgehead atoms. The molecule has 1 aliphatic heterocycles. The predicted molar refractivity (Wildman–Crippen MR) is 125 cm³/mol. The summed E-state index contributed by atoms with van der Waals surface area (Å²) >= 11 is 0. The van der Waals surface area contributed by atoms with Crippen molar-refractivity contribution in [3.05, 3.63) is 29.8 Å². The zero-order chi connectivity index (χ0) is 21.9. The summed E-state index contributed by atoms with van der Waals surface area (Å²) in [6.45, 7) is 8.26. The number of nitrogens with zero attached hydrogens (tertiary/aromatic N) is 2. The lowest BCUT2D eigenvalue weighted by Gasteiger charge is -2.30. The van der Waals surface area contributed by atoms with Gasteiger partial charge in [0.2, 0.25) is 5.91 Å². The highest BCUT2D eigenvalue weighted by Crippen LogP contribution is 2.30. The van der Waals surface area contributed by atoms with Gasteiger partial charge in [-0.1, -0.05) is 18.2 Å². The summed E-state index contributed by atoms with van der Waals surface area (Å²) in [7, 11) is 0. The summed E-state index contributed by atoms with van der Waals surface area (Å²) in [6.07, 6.45) is 6.60. The first-order valence-corrected chi connectivity index (χ1v) is 11.9. The van der Waals surface area contributed by atoms with E-state index in [-0.39, 0.29) is 11.8 Å². The van der Waals surface area contributed by atoms with Gasteiger partial charge in [0, 0.05) is 24.6 Å². The summed E-state index contributed by atoms with van der Waals surface area (Å²) in [4.78, 5) is 18.5. The summed E-state index contributed by atoms with van der Waals surface area (Å²) in [5, 5.41) is 6.78. The van der Waals surface area contributed by atoms with Crippen LogP contribution in [0.25, 0.3) is 0 Å². The molecule has 4 N–H and O–H groups in total. The number of hydrogen-bond donors (Lipinski definition) is 3. The van der Waals surface area contributed by atoms with E-state index in [0.717, 1.165) is 88.2 Å². The van der Waals surface area contributed by atoms with Crippen molar-refractivity contribution in [2.45, 2.75) is 52.0 Å². The number of nitrogens with one attached hydrogen (secondary N) is 2. The van der Waals surface area contributed by atoms with Gasteiger partial charge in [0.25, 0.3) is 0 Å². The number of para-hydroxylation sites is 1. The molecule has 1 aromatic rings. The minimum absolute atomic E-state index is 0.0704. The van der Waals surface area contributed by atoms with Gasteiger partial charge in [-0.15, -0.1) is 0 Å². The predicted octanol–water partition coefficient (Wildman–Crippen LogP) is 2.51. The number of carbonyl (C=O) groups excluding carboxylic acids is 1. The molecule has 0 aromatic heterocycles. The Kier molecular flexibility index (Phi) is 9.46. The molecule has 0 radical (unpaired) electrons. The fraction of sp³-hybridized carbons (Fsp3) is 0.667. The molecule has 1 amide bonds. The van der Waals surface area contributed by atoms with Crippen LogP contribution in [0.1, 0.15) is 51.0 Å². The van der Waals surface area contributed by atoms with E-state index in [1.165, 1.54) is 12.8 Å². The molecule has 1 saturated heterocycles. The molecule has 2 fully saturated rings. The number of guanidine groups is 1. The van der Waals surface area contributed by atoms with E-state index in [0.29, 0.717) is 6.54 Å². The molecular weight excluding hydrogens is 390 g/mol. The van der Waals surface area contributed by atoms with Crippen molar-refractivity contribution in [1.29, 1.82) is 0 Å². The van der Waals surface area contributed by atoms with Crippen LogP contribution in [0.4, 0.5) is 0 Å². The molecule has 2 aliphatic rings. The second-order valence-corrected chi connectivity index (χ2v) is 8.71.